The first kappa shape index (κ1) is 10.0. The fourth-order valence-corrected chi connectivity index (χ4v) is 3.31. The molecule has 1 aliphatic heterocycles. The van der Waals surface area contributed by atoms with Crippen LogP contribution in [0, 0.1) is 0 Å². The van der Waals surface area contributed by atoms with Gasteiger partial charge in [-0.25, -0.2) is 0 Å². The zero-order valence-corrected chi connectivity index (χ0v) is 9.13. The molecule has 2 rings (SSSR count). The summed E-state index contributed by atoms with van der Waals surface area (Å²) in [6.45, 7) is 1.22. The first-order chi connectivity index (χ1) is 6.79. The number of benzene rings is 1. The minimum absolute atomic E-state index is 0.179. The second kappa shape index (κ2) is 3.93. The lowest BCUT2D eigenvalue weighted by molar-refractivity contribution is 0.137. The molecule has 2 nitrogen and oxygen atoms in total. The van der Waals surface area contributed by atoms with Crippen molar-refractivity contribution in [3.8, 4) is 0 Å². The van der Waals surface area contributed by atoms with Crippen LogP contribution in [-0.2, 0) is 4.87 Å². The Bertz CT molecular complexity index is 303. The second-order valence-electron chi connectivity index (χ2n) is 3.58. The number of aliphatic hydroxyl groups is 1. The van der Waals surface area contributed by atoms with E-state index in [0.717, 1.165) is 12.3 Å². The van der Waals surface area contributed by atoms with Gasteiger partial charge >= 0.3 is 0 Å². The minimum Gasteiger partial charge on any atom is -0.393 e. The van der Waals surface area contributed by atoms with Crippen molar-refractivity contribution >= 4 is 11.8 Å². The summed E-state index contributed by atoms with van der Waals surface area (Å²) in [6.07, 6.45) is 0. The average molecular weight is 209 g/mol. The van der Waals surface area contributed by atoms with Gasteiger partial charge in [0.1, 0.15) is 4.87 Å². The fraction of sp³-hybridized carbons (Fsp3) is 0.455. The molecular weight excluding hydrogens is 194 g/mol. The summed E-state index contributed by atoms with van der Waals surface area (Å²) in [4.78, 5) is 2.02. The Hall–Kier alpha value is -0.510. The van der Waals surface area contributed by atoms with Gasteiger partial charge in [0.2, 0.25) is 0 Å². The van der Waals surface area contributed by atoms with Crippen LogP contribution in [0.3, 0.4) is 0 Å². The molecule has 76 valence electrons. The molecule has 0 aliphatic carbocycles. The minimum atomic E-state index is -0.207. The number of hydrogen-bond acceptors (Lipinski definition) is 3. The Morgan fingerprint density at radius 3 is 2.64 bits per heavy atom. The van der Waals surface area contributed by atoms with E-state index in [9.17, 15) is 5.11 Å². The van der Waals surface area contributed by atoms with E-state index in [0.29, 0.717) is 0 Å². The van der Waals surface area contributed by atoms with Gasteiger partial charge < -0.3 is 5.11 Å². The molecule has 0 bridgehead atoms. The van der Waals surface area contributed by atoms with Crippen LogP contribution in [0.1, 0.15) is 5.56 Å². The second-order valence-corrected chi connectivity index (χ2v) is 4.95. The molecule has 1 saturated heterocycles. The van der Waals surface area contributed by atoms with Gasteiger partial charge in [0.15, 0.2) is 0 Å². The summed E-state index contributed by atoms with van der Waals surface area (Å²) in [5.41, 5.74) is 1.20. The van der Waals surface area contributed by atoms with Crippen LogP contribution in [0.2, 0.25) is 0 Å². The highest BCUT2D eigenvalue weighted by Crippen LogP contribution is 2.42. The first-order valence-corrected chi connectivity index (χ1v) is 5.80. The number of likely N-dealkylation sites (N-methyl/N-ethyl adjacent to an activating group) is 1. The number of aliphatic hydroxyl groups excluding tert-OH is 1. The van der Waals surface area contributed by atoms with Crippen molar-refractivity contribution in [3.05, 3.63) is 35.9 Å². The van der Waals surface area contributed by atoms with E-state index >= 15 is 0 Å². The Balaban J connectivity index is 2.38. The van der Waals surface area contributed by atoms with Gasteiger partial charge in [0, 0.05) is 12.3 Å². The average Bonchev–Trinajstić information content (AvgIpc) is 2.62. The van der Waals surface area contributed by atoms with E-state index in [4.69, 9.17) is 0 Å². The normalized spacial score (nSPS) is 28.1. The molecule has 1 unspecified atom stereocenters. The Labute approximate surface area is 88.9 Å². The van der Waals surface area contributed by atoms with E-state index in [1.807, 2.05) is 30.0 Å². The number of nitrogens with zero attached hydrogens (tertiary/aromatic N) is 1. The van der Waals surface area contributed by atoms with E-state index in [1.165, 1.54) is 5.56 Å². The maximum Gasteiger partial charge on any atom is 0.116 e. The first-order valence-electron chi connectivity index (χ1n) is 4.81. The van der Waals surface area contributed by atoms with Gasteiger partial charge in [-0.1, -0.05) is 30.3 Å². The monoisotopic (exact) mass is 209 g/mol. The molecule has 1 fully saturated rings. The molecule has 0 saturated carbocycles. The molecular formula is C11H15NOS. The molecule has 3 heteroatoms. The summed E-state index contributed by atoms with van der Waals surface area (Å²) in [6, 6.07) is 10.2. The molecule has 0 aromatic heterocycles. The Morgan fingerprint density at radius 2 is 2.14 bits per heavy atom. The predicted molar refractivity (Wildman–Crippen MR) is 60.3 cm³/mol. The third-order valence-electron chi connectivity index (χ3n) is 2.82. The van der Waals surface area contributed by atoms with Crippen LogP contribution in [0.4, 0.5) is 0 Å². The van der Waals surface area contributed by atoms with Crippen molar-refractivity contribution in [2.24, 2.45) is 0 Å². The molecule has 1 heterocycles. The molecule has 0 spiro atoms. The summed E-state index contributed by atoms with van der Waals surface area (Å²) in [5.74, 6) is 1.09. The van der Waals surface area contributed by atoms with Crippen molar-refractivity contribution in [2.45, 2.75) is 4.87 Å². The fourth-order valence-electron chi connectivity index (χ4n) is 1.90. The van der Waals surface area contributed by atoms with Crippen molar-refractivity contribution in [1.29, 1.82) is 0 Å². The molecule has 14 heavy (non-hydrogen) atoms. The summed E-state index contributed by atoms with van der Waals surface area (Å²) < 4.78 is 0. The van der Waals surface area contributed by atoms with Crippen molar-refractivity contribution in [3.63, 3.8) is 0 Å². The molecule has 0 amide bonds. The van der Waals surface area contributed by atoms with Crippen LogP contribution < -0.4 is 0 Å². The zero-order chi connectivity index (χ0) is 10.0. The Morgan fingerprint density at radius 1 is 1.43 bits per heavy atom. The lowest BCUT2D eigenvalue weighted by Gasteiger charge is -2.33. The van der Waals surface area contributed by atoms with Gasteiger partial charge in [0.25, 0.3) is 0 Å². The van der Waals surface area contributed by atoms with Crippen molar-refractivity contribution < 1.29 is 5.11 Å². The maximum absolute atomic E-state index is 9.58. The highest BCUT2D eigenvalue weighted by Gasteiger charge is 2.40. The number of hydrogen-bond donors (Lipinski definition) is 1. The Kier molecular flexibility index (Phi) is 2.81. The topological polar surface area (TPSA) is 23.5 Å². The molecule has 1 atom stereocenters. The number of thioether (sulfide) groups is 1. The molecule has 1 aromatic carbocycles. The number of rotatable bonds is 2. The molecule has 1 aliphatic rings. The SMILES string of the molecule is CN1CCSC1(CO)c1ccccc1. The standard InChI is InChI=1S/C11H15NOS/c1-12-7-8-14-11(12,9-13)10-5-3-2-4-6-10/h2-6,13H,7-9H2,1H3. The van der Waals surface area contributed by atoms with Crippen LogP contribution in [0.15, 0.2) is 30.3 Å². The highest BCUT2D eigenvalue weighted by molar-refractivity contribution is 8.00. The third kappa shape index (κ3) is 1.45. The predicted octanol–water partition coefficient (Wildman–Crippen LogP) is 1.51. The highest BCUT2D eigenvalue weighted by atomic mass is 32.2. The molecule has 0 radical (unpaired) electrons. The van der Waals surface area contributed by atoms with E-state index in [-0.39, 0.29) is 11.5 Å². The summed E-state index contributed by atoms with van der Waals surface area (Å²) >= 11 is 1.83. The zero-order valence-electron chi connectivity index (χ0n) is 8.31. The third-order valence-corrected chi connectivity index (χ3v) is 4.36. The van der Waals surface area contributed by atoms with Gasteiger partial charge in [-0.05, 0) is 12.6 Å². The molecule has 1 N–H and O–H groups in total. The van der Waals surface area contributed by atoms with E-state index in [2.05, 4.69) is 24.1 Å². The summed E-state index contributed by atoms with van der Waals surface area (Å²) in [5, 5.41) is 9.58. The van der Waals surface area contributed by atoms with Crippen LogP contribution in [0.25, 0.3) is 0 Å². The lowest BCUT2D eigenvalue weighted by Crippen LogP contribution is -2.39. The lowest BCUT2D eigenvalue weighted by atomic mass is 10.1. The van der Waals surface area contributed by atoms with Crippen molar-refractivity contribution in [1.82, 2.24) is 4.90 Å². The van der Waals surface area contributed by atoms with Gasteiger partial charge in [-0.15, -0.1) is 11.8 Å². The molecule has 1 aromatic rings. The van der Waals surface area contributed by atoms with E-state index < -0.39 is 0 Å². The van der Waals surface area contributed by atoms with Crippen LogP contribution in [0.5, 0.6) is 0 Å². The van der Waals surface area contributed by atoms with Crippen molar-refractivity contribution in [2.75, 3.05) is 26.0 Å². The maximum atomic E-state index is 9.58. The largest absolute Gasteiger partial charge is 0.393 e. The smallest absolute Gasteiger partial charge is 0.116 e. The van der Waals surface area contributed by atoms with Crippen LogP contribution in [-0.4, -0.2) is 36.0 Å². The van der Waals surface area contributed by atoms with Gasteiger partial charge in [-0.2, -0.15) is 0 Å². The van der Waals surface area contributed by atoms with Gasteiger partial charge in [0.05, 0.1) is 6.61 Å². The van der Waals surface area contributed by atoms with E-state index in [1.54, 1.807) is 0 Å². The van der Waals surface area contributed by atoms with Crippen LogP contribution >= 0.6 is 11.8 Å². The van der Waals surface area contributed by atoms with Gasteiger partial charge in [-0.3, -0.25) is 4.90 Å². The quantitative estimate of drug-likeness (QED) is 0.798. The summed E-state index contributed by atoms with van der Waals surface area (Å²) in [7, 11) is 2.07.